The molecule has 0 fully saturated rings. The van der Waals surface area contributed by atoms with Crippen molar-refractivity contribution in [2.45, 2.75) is 0 Å². The third-order valence-corrected chi connectivity index (χ3v) is 1.93. The summed E-state index contributed by atoms with van der Waals surface area (Å²) in [6.45, 7) is 0. The lowest BCUT2D eigenvalue weighted by atomic mass is 10.1. The van der Waals surface area contributed by atoms with Crippen molar-refractivity contribution >= 4 is 28.6 Å². The van der Waals surface area contributed by atoms with E-state index in [1.54, 1.807) is 12.1 Å². The lowest BCUT2D eigenvalue weighted by molar-refractivity contribution is 0.562. The number of hydrogen-bond acceptors (Lipinski definition) is 4. The molecule has 4 heteroatoms. The largest absolute Gasteiger partial charge is 0.240 e. The van der Waals surface area contributed by atoms with Crippen LogP contribution >= 0.6 is 0 Å². The van der Waals surface area contributed by atoms with Crippen LogP contribution in [-0.4, -0.2) is 12.2 Å². The van der Waals surface area contributed by atoms with Crippen LogP contribution in [0, 0.1) is 5.41 Å². The quantitative estimate of drug-likeness (QED) is 0.583. The summed E-state index contributed by atoms with van der Waals surface area (Å²) in [5.41, 5.74) is 0.674. The fourth-order valence-corrected chi connectivity index (χ4v) is 1.35. The summed E-state index contributed by atoms with van der Waals surface area (Å²) >= 11 is 0. The van der Waals surface area contributed by atoms with Crippen LogP contribution in [0.15, 0.2) is 47.5 Å². The molecule has 0 amide bonds. The maximum Gasteiger partial charge on any atom is 0.240 e. The summed E-state index contributed by atoms with van der Waals surface area (Å²) in [4.78, 5) is 22.1. The second-order valence-corrected chi connectivity index (χ2v) is 2.80. The highest BCUT2D eigenvalue weighted by atomic mass is 16.1. The van der Waals surface area contributed by atoms with Crippen LogP contribution in [0.3, 0.4) is 0 Å². The van der Waals surface area contributed by atoms with Crippen molar-refractivity contribution < 1.29 is 9.59 Å². The van der Waals surface area contributed by atoms with E-state index in [0.717, 1.165) is 16.9 Å². The minimum Gasteiger partial charge on any atom is -0.222 e. The van der Waals surface area contributed by atoms with Crippen LogP contribution in [0.4, 0.5) is 5.69 Å². The SMILES string of the molecule is N=C=O.O=C=Nc1cccc2ccccc12. The van der Waals surface area contributed by atoms with Gasteiger partial charge >= 0.3 is 0 Å². The molecule has 1 N–H and O–H groups in total. The first-order valence-electron chi connectivity index (χ1n) is 4.43. The Hall–Kier alpha value is -2.54. The molecule has 0 aliphatic rings. The summed E-state index contributed by atoms with van der Waals surface area (Å²) in [5.74, 6) is 0. The van der Waals surface area contributed by atoms with Gasteiger partial charge in [0.2, 0.25) is 12.2 Å². The number of carbonyl (C=O) groups excluding carboxylic acids is 2. The first-order chi connectivity index (χ1) is 7.83. The average molecular weight is 212 g/mol. The van der Waals surface area contributed by atoms with E-state index in [9.17, 15) is 4.79 Å². The van der Waals surface area contributed by atoms with E-state index in [0.29, 0.717) is 5.69 Å². The summed E-state index contributed by atoms with van der Waals surface area (Å²) in [6.07, 6.45) is 2.30. The first-order valence-corrected chi connectivity index (χ1v) is 4.43. The van der Waals surface area contributed by atoms with E-state index in [1.165, 1.54) is 0 Å². The molecule has 0 unspecified atom stereocenters. The van der Waals surface area contributed by atoms with Crippen molar-refractivity contribution in [3.63, 3.8) is 0 Å². The molecule has 0 aliphatic heterocycles. The molecule has 0 radical (unpaired) electrons. The molecule has 0 saturated carbocycles. The third-order valence-electron chi connectivity index (χ3n) is 1.93. The third kappa shape index (κ3) is 2.72. The Bertz CT molecular complexity index is 561. The number of rotatable bonds is 1. The molecule has 0 aliphatic carbocycles. The minimum atomic E-state index is 0.674. The van der Waals surface area contributed by atoms with Gasteiger partial charge in [-0.3, -0.25) is 0 Å². The van der Waals surface area contributed by atoms with E-state index in [4.69, 9.17) is 10.2 Å². The van der Waals surface area contributed by atoms with E-state index < -0.39 is 0 Å². The Morgan fingerprint density at radius 1 is 1.00 bits per heavy atom. The molecule has 78 valence electrons. The molecule has 0 bridgehead atoms. The van der Waals surface area contributed by atoms with Gasteiger partial charge in [0.15, 0.2) is 0 Å². The fourth-order valence-electron chi connectivity index (χ4n) is 1.35. The summed E-state index contributed by atoms with van der Waals surface area (Å²) < 4.78 is 0. The summed E-state index contributed by atoms with van der Waals surface area (Å²) in [5, 5.41) is 7.47. The Labute approximate surface area is 91.8 Å². The van der Waals surface area contributed by atoms with Gasteiger partial charge in [-0.05, 0) is 11.5 Å². The lowest BCUT2D eigenvalue weighted by Gasteiger charge is -1.98. The topological polar surface area (TPSA) is 70.3 Å². The van der Waals surface area contributed by atoms with Gasteiger partial charge in [0, 0.05) is 5.39 Å². The highest BCUT2D eigenvalue weighted by Gasteiger charge is 1.96. The van der Waals surface area contributed by atoms with Crippen LogP contribution in [-0.2, 0) is 9.59 Å². The summed E-state index contributed by atoms with van der Waals surface area (Å²) in [7, 11) is 0. The zero-order chi connectivity index (χ0) is 11.8. The van der Waals surface area contributed by atoms with Gasteiger partial charge < -0.3 is 0 Å². The number of isocyanates is 2. The molecule has 4 nitrogen and oxygen atoms in total. The number of fused-ring (bicyclic) bond motifs is 1. The van der Waals surface area contributed by atoms with E-state index >= 15 is 0 Å². The van der Waals surface area contributed by atoms with Crippen molar-refractivity contribution in [1.29, 1.82) is 5.41 Å². The zero-order valence-corrected chi connectivity index (χ0v) is 8.31. The first kappa shape index (κ1) is 11.5. The van der Waals surface area contributed by atoms with Crippen LogP contribution < -0.4 is 0 Å². The number of nitrogens with zero attached hydrogens (tertiary/aromatic N) is 1. The van der Waals surface area contributed by atoms with Crippen molar-refractivity contribution in [2.24, 2.45) is 4.99 Å². The van der Waals surface area contributed by atoms with Crippen molar-refractivity contribution in [1.82, 2.24) is 0 Å². The molecule has 0 aromatic heterocycles. The van der Waals surface area contributed by atoms with Crippen molar-refractivity contribution in [3.05, 3.63) is 42.5 Å². The Balaban J connectivity index is 0.000000386. The highest BCUT2D eigenvalue weighted by Crippen LogP contribution is 2.24. The molecule has 2 rings (SSSR count). The second kappa shape index (κ2) is 6.04. The van der Waals surface area contributed by atoms with Gasteiger partial charge in [-0.1, -0.05) is 36.4 Å². The monoisotopic (exact) mass is 212 g/mol. The Morgan fingerprint density at radius 2 is 1.62 bits per heavy atom. The van der Waals surface area contributed by atoms with Gasteiger partial charge in [-0.2, -0.15) is 4.99 Å². The predicted octanol–water partition coefficient (Wildman–Crippen LogP) is 2.71. The normalized spacial score (nSPS) is 8.25. The van der Waals surface area contributed by atoms with Crippen LogP contribution in [0.2, 0.25) is 0 Å². The van der Waals surface area contributed by atoms with Crippen LogP contribution in [0.1, 0.15) is 0 Å². The minimum absolute atomic E-state index is 0.674. The van der Waals surface area contributed by atoms with Crippen molar-refractivity contribution in [3.8, 4) is 0 Å². The van der Waals surface area contributed by atoms with Gasteiger partial charge in [0.05, 0.1) is 5.69 Å². The van der Waals surface area contributed by atoms with E-state index in [2.05, 4.69) is 4.99 Å². The second-order valence-electron chi connectivity index (χ2n) is 2.80. The zero-order valence-electron chi connectivity index (χ0n) is 8.31. The number of nitrogens with one attached hydrogen (secondary N) is 1. The van der Waals surface area contributed by atoms with Gasteiger partial charge in [0.1, 0.15) is 0 Å². The number of hydrogen-bond donors (Lipinski definition) is 1. The molecule has 0 atom stereocenters. The Kier molecular flexibility index (Phi) is 4.35. The molecular weight excluding hydrogens is 204 g/mol. The summed E-state index contributed by atoms with van der Waals surface area (Å²) in [6, 6.07) is 13.5. The van der Waals surface area contributed by atoms with Crippen LogP contribution in [0.5, 0.6) is 0 Å². The lowest BCUT2D eigenvalue weighted by Crippen LogP contribution is -1.71. The van der Waals surface area contributed by atoms with Crippen LogP contribution in [0.25, 0.3) is 10.8 Å². The molecule has 2 aromatic rings. The molecule has 0 spiro atoms. The molecular formula is C12H8N2O2. The van der Waals surface area contributed by atoms with Crippen molar-refractivity contribution in [2.75, 3.05) is 0 Å². The standard InChI is InChI=1S/C11H7NO.CHNO/c13-8-12-11-7-3-5-9-4-1-2-6-10(9)11;2-1-3/h1-7H;2H. The molecule has 0 heterocycles. The molecule has 0 saturated heterocycles. The highest BCUT2D eigenvalue weighted by molar-refractivity contribution is 5.93. The average Bonchev–Trinajstić information content (AvgIpc) is 2.31. The maximum absolute atomic E-state index is 10.1. The Morgan fingerprint density at radius 3 is 2.31 bits per heavy atom. The fraction of sp³-hybridized carbons (Fsp3) is 0. The number of aliphatic imine (C=N–C) groups is 1. The van der Waals surface area contributed by atoms with Gasteiger partial charge in [-0.15, -0.1) is 0 Å². The molecule has 2 aromatic carbocycles. The predicted molar refractivity (Wildman–Crippen MR) is 60.1 cm³/mol. The van der Waals surface area contributed by atoms with E-state index in [-0.39, 0.29) is 0 Å². The van der Waals surface area contributed by atoms with Gasteiger partial charge in [0.25, 0.3) is 0 Å². The van der Waals surface area contributed by atoms with Gasteiger partial charge in [-0.25, -0.2) is 15.0 Å². The van der Waals surface area contributed by atoms with E-state index in [1.807, 2.05) is 36.4 Å². The maximum atomic E-state index is 10.1. The number of benzene rings is 2. The smallest absolute Gasteiger partial charge is 0.222 e. The molecule has 16 heavy (non-hydrogen) atoms.